The summed E-state index contributed by atoms with van der Waals surface area (Å²) in [6.07, 6.45) is 0. The molecule has 0 bridgehead atoms. The number of piperazine rings is 1. The molecule has 100 valence electrons. The molecule has 1 aromatic rings. The molecule has 1 aliphatic heterocycles. The maximum Gasteiger partial charge on any atom is 0.245 e. The van der Waals surface area contributed by atoms with Gasteiger partial charge in [-0.15, -0.1) is 0 Å². The summed E-state index contributed by atoms with van der Waals surface area (Å²) >= 11 is 3.27. The molecule has 18 heavy (non-hydrogen) atoms. The molecule has 5 nitrogen and oxygen atoms in total. The first-order chi connectivity index (χ1) is 8.41. The highest BCUT2D eigenvalue weighted by atomic mass is 79.9. The molecule has 1 fully saturated rings. The fourth-order valence-electron chi connectivity index (χ4n) is 1.92. The number of nitrogens with two attached hydrogens (primary N) is 1. The maximum atomic E-state index is 12.4. The Hall–Kier alpha value is -0.630. The number of hydrogen-bond acceptors (Lipinski definition) is 4. The molecule has 0 atom stereocenters. The summed E-state index contributed by atoms with van der Waals surface area (Å²) in [5.41, 5.74) is 6.08. The van der Waals surface area contributed by atoms with Gasteiger partial charge >= 0.3 is 0 Å². The molecular weight excluding hydrogens is 318 g/mol. The van der Waals surface area contributed by atoms with Crippen LogP contribution in [0.25, 0.3) is 0 Å². The Kier molecular flexibility index (Phi) is 3.96. The Morgan fingerprint density at radius 3 is 2.39 bits per heavy atom. The van der Waals surface area contributed by atoms with Crippen molar-refractivity contribution in [1.82, 2.24) is 9.21 Å². The first-order valence-electron chi connectivity index (χ1n) is 5.65. The van der Waals surface area contributed by atoms with Gasteiger partial charge in [-0.2, -0.15) is 4.31 Å². The zero-order chi connectivity index (χ0) is 13.3. The number of nitrogens with zero attached hydrogens (tertiary/aromatic N) is 2. The van der Waals surface area contributed by atoms with Crippen LogP contribution in [-0.2, 0) is 10.0 Å². The van der Waals surface area contributed by atoms with Gasteiger partial charge in [0.15, 0.2) is 0 Å². The average Bonchev–Trinajstić information content (AvgIpc) is 2.29. The minimum absolute atomic E-state index is 0.190. The lowest BCUT2D eigenvalue weighted by Gasteiger charge is -2.31. The van der Waals surface area contributed by atoms with Crippen LogP contribution in [0.4, 0.5) is 5.69 Å². The Bertz CT molecular complexity index is 539. The van der Waals surface area contributed by atoms with Gasteiger partial charge in [0.2, 0.25) is 10.0 Å². The summed E-state index contributed by atoms with van der Waals surface area (Å²) in [6, 6.07) is 4.86. The molecule has 0 unspecified atom stereocenters. The molecular formula is C11H16BrN3O2S. The second-order valence-electron chi connectivity index (χ2n) is 4.39. The summed E-state index contributed by atoms with van der Waals surface area (Å²) in [7, 11) is -1.49. The van der Waals surface area contributed by atoms with Gasteiger partial charge in [0.25, 0.3) is 0 Å². The van der Waals surface area contributed by atoms with Crippen molar-refractivity contribution in [3.63, 3.8) is 0 Å². The lowest BCUT2D eigenvalue weighted by molar-refractivity contribution is 0.222. The van der Waals surface area contributed by atoms with Crippen LogP contribution in [0.5, 0.6) is 0 Å². The minimum atomic E-state index is -3.47. The number of likely N-dealkylation sites (N-methyl/N-ethyl adjacent to an activating group) is 1. The zero-order valence-corrected chi connectivity index (χ0v) is 12.5. The molecule has 0 aliphatic carbocycles. The maximum absolute atomic E-state index is 12.4. The molecule has 1 aliphatic rings. The predicted octanol–water partition coefficient (Wildman–Crippen LogP) is 0.967. The number of sulfonamides is 1. The lowest BCUT2D eigenvalue weighted by Crippen LogP contribution is -2.47. The van der Waals surface area contributed by atoms with Gasteiger partial charge in [0.05, 0.1) is 5.69 Å². The van der Waals surface area contributed by atoms with Gasteiger partial charge in [-0.25, -0.2) is 8.42 Å². The highest BCUT2D eigenvalue weighted by molar-refractivity contribution is 9.10. The number of rotatable bonds is 2. The Labute approximate surface area is 116 Å². The van der Waals surface area contributed by atoms with E-state index in [1.54, 1.807) is 18.2 Å². The Morgan fingerprint density at radius 1 is 1.22 bits per heavy atom. The Balaban J connectivity index is 2.30. The fourth-order valence-corrected chi connectivity index (χ4v) is 3.82. The third-order valence-corrected chi connectivity index (χ3v) is 5.52. The van der Waals surface area contributed by atoms with Crippen molar-refractivity contribution in [2.75, 3.05) is 39.0 Å². The van der Waals surface area contributed by atoms with Crippen molar-refractivity contribution >= 4 is 31.6 Å². The summed E-state index contributed by atoms with van der Waals surface area (Å²) in [5, 5.41) is 0. The van der Waals surface area contributed by atoms with Gasteiger partial charge in [-0.3, -0.25) is 0 Å². The predicted molar refractivity (Wildman–Crippen MR) is 74.8 cm³/mol. The molecule has 2 rings (SSSR count). The third-order valence-electron chi connectivity index (χ3n) is 3.05. The van der Waals surface area contributed by atoms with Crippen molar-refractivity contribution in [3.05, 3.63) is 22.7 Å². The monoisotopic (exact) mass is 333 g/mol. The van der Waals surface area contributed by atoms with E-state index in [1.165, 1.54) is 4.31 Å². The fraction of sp³-hybridized carbons (Fsp3) is 0.455. The van der Waals surface area contributed by atoms with Crippen molar-refractivity contribution in [2.45, 2.75) is 4.90 Å². The van der Waals surface area contributed by atoms with Gasteiger partial charge in [-0.1, -0.05) is 15.9 Å². The van der Waals surface area contributed by atoms with Crippen LogP contribution in [-0.4, -0.2) is 50.8 Å². The number of hydrogen-bond donors (Lipinski definition) is 1. The van der Waals surface area contributed by atoms with Gasteiger partial charge in [0.1, 0.15) is 4.90 Å². The van der Waals surface area contributed by atoms with Crippen molar-refractivity contribution in [3.8, 4) is 0 Å². The van der Waals surface area contributed by atoms with E-state index in [0.29, 0.717) is 13.1 Å². The van der Waals surface area contributed by atoms with Crippen molar-refractivity contribution in [1.29, 1.82) is 0 Å². The molecule has 0 amide bonds. The standard InChI is InChI=1S/C11H16BrN3O2S/c1-14-4-6-15(7-5-14)18(16,17)11-3-2-9(12)8-10(11)13/h2-3,8H,4-7,13H2,1H3. The van der Waals surface area contributed by atoms with E-state index in [0.717, 1.165) is 17.6 Å². The third kappa shape index (κ3) is 2.69. The van der Waals surface area contributed by atoms with E-state index >= 15 is 0 Å². The SMILES string of the molecule is CN1CCN(S(=O)(=O)c2ccc(Br)cc2N)CC1. The van der Waals surface area contributed by atoms with Crippen LogP contribution >= 0.6 is 15.9 Å². The van der Waals surface area contributed by atoms with Gasteiger partial charge in [-0.05, 0) is 25.2 Å². The highest BCUT2D eigenvalue weighted by Crippen LogP contribution is 2.26. The number of halogens is 1. The summed E-state index contributed by atoms with van der Waals surface area (Å²) in [5.74, 6) is 0. The van der Waals surface area contributed by atoms with E-state index in [-0.39, 0.29) is 10.6 Å². The second-order valence-corrected chi connectivity index (χ2v) is 7.21. The number of benzene rings is 1. The largest absolute Gasteiger partial charge is 0.398 e. The van der Waals surface area contributed by atoms with Crippen LogP contribution in [0.2, 0.25) is 0 Å². The van der Waals surface area contributed by atoms with Gasteiger partial charge in [0, 0.05) is 30.7 Å². The topological polar surface area (TPSA) is 66.6 Å². The molecule has 1 heterocycles. The average molecular weight is 334 g/mol. The summed E-state index contributed by atoms with van der Waals surface area (Å²) in [6.45, 7) is 2.51. The van der Waals surface area contributed by atoms with Crippen LogP contribution in [0.3, 0.4) is 0 Å². The highest BCUT2D eigenvalue weighted by Gasteiger charge is 2.28. The minimum Gasteiger partial charge on any atom is -0.398 e. The van der Waals surface area contributed by atoms with Crippen molar-refractivity contribution in [2.24, 2.45) is 0 Å². The second kappa shape index (κ2) is 5.16. The molecule has 0 saturated carbocycles. The van der Waals surface area contributed by atoms with E-state index in [9.17, 15) is 8.42 Å². The van der Waals surface area contributed by atoms with Crippen LogP contribution in [0.1, 0.15) is 0 Å². The Morgan fingerprint density at radius 2 is 1.83 bits per heavy atom. The van der Waals surface area contributed by atoms with E-state index < -0.39 is 10.0 Å². The van der Waals surface area contributed by atoms with E-state index in [1.807, 2.05) is 7.05 Å². The first kappa shape index (κ1) is 13.8. The van der Waals surface area contributed by atoms with Gasteiger partial charge < -0.3 is 10.6 Å². The molecule has 7 heteroatoms. The summed E-state index contributed by atoms with van der Waals surface area (Å²) < 4.78 is 27.1. The lowest BCUT2D eigenvalue weighted by atomic mass is 10.3. The van der Waals surface area contributed by atoms with Crippen molar-refractivity contribution < 1.29 is 8.42 Å². The smallest absolute Gasteiger partial charge is 0.245 e. The molecule has 0 aromatic heterocycles. The normalized spacial score (nSPS) is 19.0. The molecule has 1 saturated heterocycles. The molecule has 0 radical (unpaired) electrons. The zero-order valence-electron chi connectivity index (χ0n) is 10.1. The number of anilines is 1. The quantitative estimate of drug-likeness (QED) is 0.819. The molecule has 2 N–H and O–H groups in total. The van der Waals surface area contributed by atoms with E-state index in [4.69, 9.17) is 5.73 Å². The summed E-state index contributed by atoms with van der Waals surface area (Å²) in [4.78, 5) is 2.30. The molecule has 1 aromatic carbocycles. The number of nitrogen functional groups attached to an aromatic ring is 1. The van der Waals surface area contributed by atoms with Crippen LogP contribution < -0.4 is 5.73 Å². The molecule has 0 spiro atoms. The van der Waals surface area contributed by atoms with Crippen LogP contribution in [0, 0.1) is 0 Å². The van der Waals surface area contributed by atoms with Crippen LogP contribution in [0.15, 0.2) is 27.6 Å². The van der Waals surface area contributed by atoms with E-state index in [2.05, 4.69) is 20.8 Å². The first-order valence-corrected chi connectivity index (χ1v) is 7.88.